The zero-order valence-corrected chi connectivity index (χ0v) is 16.2. The number of ether oxygens (including phenoxy) is 1. The maximum atomic E-state index is 12.2. The van der Waals surface area contributed by atoms with Gasteiger partial charge in [-0.1, -0.05) is 12.8 Å². The summed E-state index contributed by atoms with van der Waals surface area (Å²) in [5.41, 5.74) is 6.12. The lowest BCUT2D eigenvalue weighted by Crippen LogP contribution is -2.17. The molecule has 0 spiro atoms. The van der Waals surface area contributed by atoms with Crippen molar-refractivity contribution >= 4 is 17.5 Å². The SMILES string of the molecule is CC(C)Oc1ccc(NC(=O)CCc2nnc(C3CCCC3)o2)cc1C(N)=O. The van der Waals surface area contributed by atoms with E-state index in [9.17, 15) is 9.59 Å². The molecule has 1 heterocycles. The van der Waals surface area contributed by atoms with Gasteiger partial charge >= 0.3 is 0 Å². The Morgan fingerprint density at radius 3 is 2.71 bits per heavy atom. The molecule has 0 bridgehead atoms. The van der Waals surface area contributed by atoms with Crippen LogP contribution in [0.15, 0.2) is 22.6 Å². The number of nitrogens with one attached hydrogen (secondary N) is 1. The van der Waals surface area contributed by atoms with Crippen LogP contribution < -0.4 is 15.8 Å². The van der Waals surface area contributed by atoms with Gasteiger partial charge in [0.1, 0.15) is 5.75 Å². The Bertz CT molecular complexity index is 840. The third-order valence-corrected chi connectivity index (χ3v) is 4.64. The van der Waals surface area contributed by atoms with E-state index in [0.29, 0.717) is 35.6 Å². The Morgan fingerprint density at radius 2 is 2.04 bits per heavy atom. The van der Waals surface area contributed by atoms with Gasteiger partial charge in [0.15, 0.2) is 0 Å². The molecule has 0 unspecified atom stereocenters. The highest BCUT2D eigenvalue weighted by atomic mass is 16.5. The van der Waals surface area contributed by atoms with Crippen molar-refractivity contribution in [1.29, 1.82) is 0 Å². The molecule has 2 aromatic rings. The number of nitrogens with two attached hydrogens (primary N) is 1. The second kappa shape index (κ2) is 8.86. The van der Waals surface area contributed by atoms with Crippen molar-refractivity contribution in [2.24, 2.45) is 5.73 Å². The van der Waals surface area contributed by atoms with Crippen LogP contribution in [0.2, 0.25) is 0 Å². The topological polar surface area (TPSA) is 120 Å². The van der Waals surface area contributed by atoms with Gasteiger partial charge in [-0.05, 0) is 44.9 Å². The Balaban J connectivity index is 1.57. The number of primary amides is 1. The van der Waals surface area contributed by atoms with E-state index in [2.05, 4.69) is 15.5 Å². The van der Waals surface area contributed by atoms with Crippen LogP contribution in [-0.4, -0.2) is 28.1 Å². The van der Waals surface area contributed by atoms with Gasteiger partial charge in [-0.2, -0.15) is 0 Å². The van der Waals surface area contributed by atoms with Crippen LogP contribution in [0.5, 0.6) is 5.75 Å². The van der Waals surface area contributed by atoms with Crippen molar-refractivity contribution in [2.45, 2.75) is 64.4 Å². The number of aromatic nitrogens is 2. The normalized spacial score (nSPS) is 14.4. The van der Waals surface area contributed by atoms with Gasteiger partial charge in [0.05, 0.1) is 11.7 Å². The van der Waals surface area contributed by atoms with E-state index in [1.165, 1.54) is 18.9 Å². The predicted octanol–water partition coefficient (Wildman–Crippen LogP) is 3.18. The number of aryl methyl sites for hydroxylation is 1. The summed E-state index contributed by atoms with van der Waals surface area (Å²) < 4.78 is 11.3. The van der Waals surface area contributed by atoms with E-state index < -0.39 is 5.91 Å². The Morgan fingerprint density at radius 1 is 1.29 bits per heavy atom. The summed E-state index contributed by atoms with van der Waals surface area (Å²) in [5, 5.41) is 10.9. The number of hydrogen-bond acceptors (Lipinski definition) is 6. The summed E-state index contributed by atoms with van der Waals surface area (Å²) in [5.74, 6) is 1.07. The number of rotatable bonds is 8. The van der Waals surface area contributed by atoms with Crippen LogP contribution in [0.25, 0.3) is 0 Å². The highest BCUT2D eigenvalue weighted by molar-refractivity contribution is 5.98. The van der Waals surface area contributed by atoms with Crippen molar-refractivity contribution in [3.63, 3.8) is 0 Å². The van der Waals surface area contributed by atoms with Crippen LogP contribution >= 0.6 is 0 Å². The first-order valence-corrected chi connectivity index (χ1v) is 9.65. The fourth-order valence-corrected chi connectivity index (χ4v) is 3.31. The van der Waals surface area contributed by atoms with Crippen molar-refractivity contribution in [3.05, 3.63) is 35.5 Å². The van der Waals surface area contributed by atoms with Gasteiger partial charge < -0.3 is 20.2 Å². The molecular formula is C20H26N4O4. The molecule has 8 nitrogen and oxygen atoms in total. The monoisotopic (exact) mass is 386 g/mol. The van der Waals surface area contributed by atoms with Gasteiger partial charge in [-0.25, -0.2) is 0 Å². The van der Waals surface area contributed by atoms with Gasteiger partial charge in [0.2, 0.25) is 17.7 Å². The van der Waals surface area contributed by atoms with E-state index >= 15 is 0 Å². The summed E-state index contributed by atoms with van der Waals surface area (Å²) in [7, 11) is 0. The Labute approximate surface area is 163 Å². The maximum absolute atomic E-state index is 12.2. The first-order chi connectivity index (χ1) is 13.4. The standard InChI is InChI=1S/C20H26N4O4/c1-12(2)27-16-8-7-14(11-15(16)19(21)26)22-17(25)9-10-18-23-24-20(28-18)13-5-3-4-6-13/h7-8,11-13H,3-6,9-10H2,1-2H3,(H2,21,26)(H,22,25). The average molecular weight is 386 g/mol. The van der Waals surface area contributed by atoms with Crippen LogP contribution in [0.1, 0.15) is 74.0 Å². The second-order valence-electron chi connectivity index (χ2n) is 7.31. The lowest BCUT2D eigenvalue weighted by atomic mass is 10.1. The number of amides is 2. The van der Waals surface area contributed by atoms with E-state index in [-0.39, 0.29) is 24.0 Å². The van der Waals surface area contributed by atoms with Crippen LogP contribution in [0.4, 0.5) is 5.69 Å². The van der Waals surface area contributed by atoms with Crippen LogP contribution in [0, 0.1) is 0 Å². The zero-order chi connectivity index (χ0) is 20.1. The number of hydrogen-bond donors (Lipinski definition) is 2. The third-order valence-electron chi connectivity index (χ3n) is 4.64. The van der Waals surface area contributed by atoms with Crippen molar-refractivity contribution in [1.82, 2.24) is 10.2 Å². The van der Waals surface area contributed by atoms with Gasteiger partial charge in [0.25, 0.3) is 5.91 Å². The van der Waals surface area contributed by atoms with Gasteiger partial charge in [0, 0.05) is 24.4 Å². The number of benzene rings is 1. The highest BCUT2D eigenvalue weighted by Crippen LogP contribution is 2.33. The third kappa shape index (κ3) is 5.09. The van der Waals surface area contributed by atoms with Crippen molar-refractivity contribution < 1.29 is 18.7 Å². The highest BCUT2D eigenvalue weighted by Gasteiger charge is 2.22. The number of carbonyl (C=O) groups excluding carboxylic acids is 2. The summed E-state index contributed by atoms with van der Waals surface area (Å²) >= 11 is 0. The molecule has 8 heteroatoms. The molecule has 1 fully saturated rings. The Hall–Kier alpha value is -2.90. The van der Waals surface area contributed by atoms with Gasteiger partial charge in [-0.3, -0.25) is 9.59 Å². The summed E-state index contributed by atoms with van der Waals surface area (Å²) in [6.07, 6.45) is 5.02. The minimum atomic E-state index is -0.614. The van der Waals surface area contributed by atoms with E-state index in [4.69, 9.17) is 14.9 Å². The smallest absolute Gasteiger partial charge is 0.252 e. The van der Waals surface area contributed by atoms with E-state index in [1.807, 2.05) is 13.8 Å². The molecule has 1 aliphatic carbocycles. The lowest BCUT2D eigenvalue weighted by Gasteiger charge is -2.14. The molecule has 3 N–H and O–H groups in total. The molecular weight excluding hydrogens is 360 g/mol. The predicted molar refractivity (Wildman–Crippen MR) is 103 cm³/mol. The zero-order valence-electron chi connectivity index (χ0n) is 16.2. The van der Waals surface area contributed by atoms with Crippen LogP contribution in [0.3, 0.4) is 0 Å². The first-order valence-electron chi connectivity index (χ1n) is 9.65. The van der Waals surface area contributed by atoms with Crippen molar-refractivity contribution in [3.8, 4) is 5.75 Å². The molecule has 28 heavy (non-hydrogen) atoms. The quantitative estimate of drug-likeness (QED) is 0.719. The van der Waals surface area contributed by atoms with Crippen LogP contribution in [-0.2, 0) is 11.2 Å². The fourth-order valence-electron chi connectivity index (χ4n) is 3.31. The molecule has 0 radical (unpaired) electrons. The molecule has 150 valence electrons. The molecule has 2 amide bonds. The fraction of sp³-hybridized carbons (Fsp3) is 0.500. The summed E-state index contributed by atoms with van der Waals surface area (Å²) in [6.45, 7) is 3.71. The summed E-state index contributed by atoms with van der Waals surface area (Å²) in [4.78, 5) is 23.9. The number of carbonyl (C=O) groups is 2. The average Bonchev–Trinajstić information content (AvgIpc) is 3.32. The minimum Gasteiger partial charge on any atom is -0.490 e. The Kier molecular flexibility index (Phi) is 6.28. The molecule has 0 saturated heterocycles. The molecule has 0 aliphatic heterocycles. The lowest BCUT2D eigenvalue weighted by molar-refractivity contribution is -0.116. The second-order valence-corrected chi connectivity index (χ2v) is 7.31. The van der Waals surface area contributed by atoms with Gasteiger partial charge in [-0.15, -0.1) is 10.2 Å². The number of anilines is 1. The van der Waals surface area contributed by atoms with E-state index in [0.717, 1.165) is 12.8 Å². The molecule has 1 aliphatic rings. The molecule has 1 aromatic carbocycles. The largest absolute Gasteiger partial charge is 0.490 e. The maximum Gasteiger partial charge on any atom is 0.252 e. The molecule has 1 aromatic heterocycles. The van der Waals surface area contributed by atoms with E-state index in [1.54, 1.807) is 12.1 Å². The summed E-state index contributed by atoms with van der Waals surface area (Å²) in [6, 6.07) is 4.82. The molecule has 0 atom stereocenters. The molecule has 1 saturated carbocycles. The number of nitrogens with zero attached hydrogens (tertiary/aromatic N) is 2. The molecule has 3 rings (SSSR count). The van der Waals surface area contributed by atoms with Crippen molar-refractivity contribution in [2.75, 3.05) is 5.32 Å². The minimum absolute atomic E-state index is 0.0953. The first kappa shape index (κ1) is 19.9.